The summed E-state index contributed by atoms with van der Waals surface area (Å²) < 4.78 is 32.7. The minimum absolute atomic E-state index is 0.0730. The summed E-state index contributed by atoms with van der Waals surface area (Å²) in [6.45, 7) is 5.71. The van der Waals surface area contributed by atoms with E-state index in [9.17, 15) is 8.42 Å². The third-order valence-corrected chi connectivity index (χ3v) is 4.63. The Kier molecular flexibility index (Phi) is 5.56. The van der Waals surface area contributed by atoms with E-state index in [1.165, 1.54) is 13.2 Å². The van der Waals surface area contributed by atoms with Crippen molar-refractivity contribution in [1.82, 2.24) is 4.72 Å². The van der Waals surface area contributed by atoms with E-state index in [0.717, 1.165) is 0 Å². The summed E-state index contributed by atoms with van der Waals surface area (Å²) in [4.78, 5) is 0.106. The van der Waals surface area contributed by atoms with E-state index in [4.69, 9.17) is 9.84 Å². The van der Waals surface area contributed by atoms with Crippen molar-refractivity contribution in [3.8, 4) is 5.75 Å². The summed E-state index contributed by atoms with van der Waals surface area (Å²) in [6, 6.07) is 6.11. The molecule has 5 nitrogen and oxygen atoms in total. The molecule has 0 aliphatic rings. The van der Waals surface area contributed by atoms with Crippen LogP contribution < -0.4 is 9.46 Å². The summed E-state index contributed by atoms with van der Waals surface area (Å²) in [6.07, 6.45) is 0.359. The molecule has 0 aromatic heterocycles. The topological polar surface area (TPSA) is 75.6 Å². The van der Waals surface area contributed by atoms with Crippen molar-refractivity contribution in [3.05, 3.63) is 24.3 Å². The normalized spacial score (nSPS) is 14.1. The Bertz CT molecular complexity index is 534. The van der Waals surface area contributed by atoms with Crippen LogP contribution in [0.2, 0.25) is 0 Å². The van der Waals surface area contributed by atoms with Gasteiger partial charge in [-0.05, 0) is 24.0 Å². The van der Waals surface area contributed by atoms with Crippen LogP contribution in [0.1, 0.15) is 27.2 Å². The Morgan fingerprint density at radius 1 is 1.30 bits per heavy atom. The second kappa shape index (κ2) is 6.56. The molecule has 1 aromatic carbocycles. The fourth-order valence-electron chi connectivity index (χ4n) is 1.89. The number of aliphatic hydroxyl groups excluding tert-OH is 1. The van der Waals surface area contributed by atoms with Gasteiger partial charge in [-0.25, -0.2) is 13.1 Å². The van der Waals surface area contributed by atoms with Crippen molar-refractivity contribution in [1.29, 1.82) is 0 Å². The number of methoxy groups -OCH3 is 1. The number of hydrogen-bond acceptors (Lipinski definition) is 4. The summed E-state index contributed by atoms with van der Waals surface area (Å²) in [5.41, 5.74) is -0.294. The van der Waals surface area contributed by atoms with Crippen molar-refractivity contribution in [2.24, 2.45) is 5.41 Å². The second-order valence-electron chi connectivity index (χ2n) is 5.70. The van der Waals surface area contributed by atoms with Gasteiger partial charge in [0, 0.05) is 12.6 Å². The van der Waals surface area contributed by atoms with Gasteiger partial charge in [0.2, 0.25) is 10.0 Å². The van der Waals surface area contributed by atoms with Gasteiger partial charge in [0.05, 0.1) is 7.11 Å². The lowest BCUT2D eigenvalue weighted by Crippen LogP contribution is -2.44. The van der Waals surface area contributed by atoms with E-state index in [1.807, 2.05) is 20.8 Å². The van der Waals surface area contributed by atoms with Crippen LogP contribution in [0, 0.1) is 5.41 Å². The average molecular weight is 301 g/mol. The maximum Gasteiger partial charge on any atom is 0.244 e. The van der Waals surface area contributed by atoms with Crippen LogP contribution >= 0.6 is 0 Å². The number of nitrogens with one attached hydrogen (secondary N) is 1. The molecule has 0 aliphatic heterocycles. The Balaban J connectivity index is 3.10. The first-order chi connectivity index (χ1) is 9.22. The fraction of sp³-hybridized carbons (Fsp3) is 0.571. The lowest BCUT2D eigenvalue weighted by Gasteiger charge is -2.31. The molecule has 0 saturated heterocycles. The third kappa shape index (κ3) is 4.19. The molecule has 1 atom stereocenters. The number of benzene rings is 1. The van der Waals surface area contributed by atoms with Crippen molar-refractivity contribution in [3.63, 3.8) is 0 Å². The van der Waals surface area contributed by atoms with Crippen molar-refractivity contribution >= 4 is 10.0 Å². The van der Waals surface area contributed by atoms with E-state index in [1.54, 1.807) is 18.2 Å². The number of aliphatic hydroxyl groups is 1. The number of rotatable bonds is 6. The van der Waals surface area contributed by atoms with Crippen LogP contribution in [0.5, 0.6) is 5.75 Å². The zero-order valence-electron chi connectivity index (χ0n) is 12.4. The molecule has 0 aliphatic carbocycles. The highest BCUT2D eigenvalue weighted by atomic mass is 32.2. The smallest absolute Gasteiger partial charge is 0.244 e. The maximum absolute atomic E-state index is 12.5. The zero-order valence-corrected chi connectivity index (χ0v) is 13.2. The van der Waals surface area contributed by atoms with Gasteiger partial charge < -0.3 is 9.84 Å². The molecule has 1 rings (SSSR count). The minimum Gasteiger partial charge on any atom is -0.495 e. The van der Waals surface area contributed by atoms with E-state index < -0.39 is 10.0 Å². The van der Waals surface area contributed by atoms with Gasteiger partial charge in [0.15, 0.2) is 0 Å². The molecule has 1 aromatic rings. The molecule has 0 saturated carbocycles. The van der Waals surface area contributed by atoms with Crippen molar-refractivity contribution < 1.29 is 18.3 Å². The lowest BCUT2D eigenvalue weighted by molar-refractivity contribution is 0.214. The average Bonchev–Trinajstić information content (AvgIpc) is 2.37. The van der Waals surface area contributed by atoms with Gasteiger partial charge in [-0.15, -0.1) is 0 Å². The van der Waals surface area contributed by atoms with Gasteiger partial charge in [-0.1, -0.05) is 32.9 Å². The predicted octanol–water partition coefficient (Wildman–Crippen LogP) is 1.77. The second-order valence-corrected chi connectivity index (χ2v) is 7.39. The number of sulfonamides is 1. The van der Waals surface area contributed by atoms with Crippen LogP contribution in [-0.2, 0) is 10.0 Å². The number of hydrogen-bond donors (Lipinski definition) is 2. The van der Waals surface area contributed by atoms with Gasteiger partial charge >= 0.3 is 0 Å². The summed E-state index contributed by atoms with van der Waals surface area (Å²) in [5.74, 6) is 0.302. The van der Waals surface area contributed by atoms with Gasteiger partial charge in [-0.2, -0.15) is 0 Å². The summed E-state index contributed by atoms with van der Waals surface area (Å²) >= 11 is 0. The lowest BCUT2D eigenvalue weighted by atomic mass is 9.86. The molecule has 114 valence electrons. The molecule has 20 heavy (non-hydrogen) atoms. The molecular formula is C14H23NO4S. The summed E-state index contributed by atoms with van der Waals surface area (Å²) in [7, 11) is -2.26. The van der Waals surface area contributed by atoms with Crippen LogP contribution in [0.4, 0.5) is 0 Å². The highest BCUT2D eigenvalue weighted by Gasteiger charge is 2.30. The third-order valence-electron chi connectivity index (χ3n) is 3.12. The molecule has 0 heterocycles. The number of para-hydroxylation sites is 1. The summed E-state index contributed by atoms with van der Waals surface area (Å²) in [5, 5.41) is 9.11. The Labute approximate surface area is 121 Å². The molecule has 0 bridgehead atoms. The molecule has 0 radical (unpaired) electrons. The van der Waals surface area contributed by atoms with Gasteiger partial charge in [0.1, 0.15) is 10.6 Å². The molecule has 0 amide bonds. The van der Waals surface area contributed by atoms with E-state index >= 15 is 0 Å². The Morgan fingerprint density at radius 2 is 1.90 bits per heavy atom. The minimum atomic E-state index is -3.69. The van der Waals surface area contributed by atoms with Crippen LogP contribution in [0.25, 0.3) is 0 Å². The largest absolute Gasteiger partial charge is 0.495 e. The highest BCUT2D eigenvalue weighted by molar-refractivity contribution is 7.89. The molecular weight excluding hydrogens is 278 g/mol. The van der Waals surface area contributed by atoms with Crippen LogP contribution in [0.3, 0.4) is 0 Å². The van der Waals surface area contributed by atoms with Gasteiger partial charge in [-0.3, -0.25) is 0 Å². The molecule has 2 N–H and O–H groups in total. The van der Waals surface area contributed by atoms with Crippen molar-refractivity contribution in [2.45, 2.75) is 38.1 Å². The molecule has 0 spiro atoms. The van der Waals surface area contributed by atoms with E-state index in [0.29, 0.717) is 12.2 Å². The van der Waals surface area contributed by atoms with Crippen LogP contribution in [-0.4, -0.2) is 33.3 Å². The monoisotopic (exact) mass is 301 g/mol. The Morgan fingerprint density at radius 3 is 2.40 bits per heavy atom. The maximum atomic E-state index is 12.5. The predicted molar refractivity (Wildman–Crippen MR) is 78.3 cm³/mol. The molecule has 6 heteroatoms. The van der Waals surface area contributed by atoms with Crippen molar-refractivity contribution in [2.75, 3.05) is 13.7 Å². The molecule has 1 unspecified atom stereocenters. The first-order valence-electron chi connectivity index (χ1n) is 6.48. The first-order valence-corrected chi connectivity index (χ1v) is 7.97. The SMILES string of the molecule is COc1ccccc1S(=O)(=O)NC(CCO)C(C)(C)C. The fourth-order valence-corrected chi connectivity index (χ4v) is 3.54. The van der Waals surface area contributed by atoms with E-state index in [-0.39, 0.29) is 23.0 Å². The van der Waals surface area contributed by atoms with E-state index in [2.05, 4.69) is 4.72 Å². The Hall–Kier alpha value is -1.11. The molecule has 0 fully saturated rings. The standard InChI is InChI=1S/C14H23NO4S/c1-14(2,3)13(9-10-16)15-20(17,18)12-8-6-5-7-11(12)19-4/h5-8,13,15-16H,9-10H2,1-4H3. The van der Waals surface area contributed by atoms with Gasteiger partial charge in [0.25, 0.3) is 0 Å². The quantitative estimate of drug-likeness (QED) is 0.839. The highest BCUT2D eigenvalue weighted by Crippen LogP contribution is 2.27. The zero-order chi connectivity index (χ0) is 15.4. The number of ether oxygens (including phenoxy) is 1. The van der Waals surface area contributed by atoms with Crippen LogP contribution in [0.15, 0.2) is 29.2 Å². The first kappa shape index (κ1) is 16.9.